The quantitative estimate of drug-likeness (QED) is 0.652. The van der Waals surface area contributed by atoms with Gasteiger partial charge >= 0.3 is 0 Å². The van der Waals surface area contributed by atoms with Gasteiger partial charge in [0.25, 0.3) is 0 Å². The first-order valence-corrected chi connectivity index (χ1v) is 6.08. The van der Waals surface area contributed by atoms with E-state index in [0.717, 1.165) is 25.4 Å². The topological polar surface area (TPSA) is 29.3 Å². The van der Waals surface area contributed by atoms with Crippen LogP contribution >= 0.6 is 0 Å². The first-order chi connectivity index (χ1) is 6.60. The van der Waals surface area contributed by atoms with E-state index in [0.29, 0.717) is 6.04 Å². The highest BCUT2D eigenvalue weighted by atomic mass is 15.1. The predicted molar refractivity (Wildman–Crippen MR) is 64.5 cm³/mol. The minimum Gasteiger partial charge on any atom is -0.327 e. The number of nitrogens with two attached hydrogens (primary N) is 1. The number of hydrogen-bond donors (Lipinski definition) is 1. The summed E-state index contributed by atoms with van der Waals surface area (Å²) < 4.78 is 0. The number of rotatable bonds is 8. The number of unbranched alkanes of at least 4 members (excludes halogenated alkanes) is 1. The fourth-order valence-corrected chi connectivity index (χ4v) is 1.77. The van der Waals surface area contributed by atoms with E-state index in [-0.39, 0.29) is 0 Å². The van der Waals surface area contributed by atoms with Crippen molar-refractivity contribution in [3.05, 3.63) is 0 Å². The zero-order valence-corrected chi connectivity index (χ0v) is 10.4. The second-order valence-electron chi connectivity index (χ2n) is 4.64. The standard InChI is InChI=1S/C12H28N2/c1-5-7-8-14(6-2)10-12(13)9-11(3)4/h11-12H,5-10,13H2,1-4H3. The van der Waals surface area contributed by atoms with Gasteiger partial charge in [0.05, 0.1) is 0 Å². The molecule has 0 aromatic heterocycles. The Bertz CT molecular complexity index is 123. The van der Waals surface area contributed by atoms with Crippen molar-refractivity contribution in [3.63, 3.8) is 0 Å². The molecule has 0 aliphatic carbocycles. The third kappa shape index (κ3) is 7.34. The average Bonchev–Trinajstić information content (AvgIpc) is 2.10. The number of nitrogens with zero attached hydrogens (tertiary/aromatic N) is 1. The third-order valence-corrected chi connectivity index (χ3v) is 2.54. The maximum atomic E-state index is 6.08. The monoisotopic (exact) mass is 200 g/mol. The van der Waals surface area contributed by atoms with Crippen LogP contribution in [0.4, 0.5) is 0 Å². The van der Waals surface area contributed by atoms with Crippen molar-refractivity contribution >= 4 is 0 Å². The lowest BCUT2D eigenvalue weighted by molar-refractivity contribution is 0.254. The first-order valence-electron chi connectivity index (χ1n) is 6.08. The van der Waals surface area contributed by atoms with Crippen LogP contribution in [0.1, 0.15) is 47.0 Å². The molecule has 0 aliphatic rings. The van der Waals surface area contributed by atoms with Crippen LogP contribution in [-0.2, 0) is 0 Å². The first kappa shape index (κ1) is 13.9. The van der Waals surface area contributed by atoms with Crippen molar-refractivity contribution in [2.75, 3.05) is 19.6 Å². The maximum Gasteiger partial charge on any atom is 0.0170 e. The van der Waals surface area contributed by atoms with E-state index in [2.05, 4.69) is 32.6 Å². The van der Waals surface area contributed by atoms with Gasteiger partial charge < -0.3 is 10.6 Å². The molecule has 14 heavy (non-hydrogen) atoms. The molecule has 2 nitrogen and oxygen atoms in total. The summed E-state index contributed by atoms with van der Waals surface area (Å²) >= 11 is 0. The molecule has 0 bridgehead atoms. The minimum absolute atomic E-state index is 0.354. The van der Waals surface area contributed by atoms with Crippen LogP contribution in [0.2, 0.25) is 0 Å². The molecule has 0 radical (unpaired) electrons. The number of likely N-dealkylation sites (N-methyl/N-ethyl adjacent to an activating group) is 1. The molecule has 0 saturated carbocycles. The zero-order chi connectivity index (χ0) is 11.0. The van der Waals surface area contributed by atoms with Crippen LogP contribution in [0.25, 0.3) is 0 Å². The summed E-state index contributed by atoms with van der Waals surface area (Å²) in [5, 5.41) is 0. The Labute approximate surface area is 89.9 Å². The summed E-state index contributed by atoms with van der Waals surface area (Å²) in [6.07, 6.45) is 3.71. The Morgan fingerprint density at radius 3 is 2.29 bits per heavy atom. The lowest BCUT2D eigenvalue weighted by Gasteiger charge is -2.24. The molecule has 0 saturated heterocycles. The highest BCUT2D eigenvalue weighted by Crippen LogP contribution is 2.05. The van der Waals surface area contributed by atoms with Crippen molar-refractivity contribution in [2.45, 2.75) is 53.0 Å². The Hall–Kier alpha value is -0.0800. The molecule has 0 aromatic rings. The van der Waals surface area contributed by atoms with Crippen molar-refractivity contribution < 1.29 is 0 Å². The van der Waals surface area contributed by atoms with Gasteiger partial charge in [0.1, 0.15) is 0 Å². The maximum absolute atomic E-state index is 6.08. The summed E-state index contributed by atoms with van der Waals surface area (Å²) in [6, 6.07) is 0.354. The second-order valence-corrected chi connectivity index (χ2v) is 4.64. The highest BCUT2D eigenvalue weighted by Gasteiger charge is 2.09. The third-order valence-electron chi connectivity index (χ3n) is 2.54. The van der Waals surface area contributed by atoms with Gasteiger partial charge in [0, 0.05) is 12.6 Å². The average molecular weight is 200 g/mol. The summed E-state index contributed by atoms with van der Waals surface area (Å²) in [5.41, 5.74) is 6.08. The smallest absolute Gasteiger partial charge is 0.0170 e. The largest absolute Gasteiger partial charge is 0.327 e. The lowest BCUT2D eigenvalue weighted by Crippen LogP contribution is -2.38. The van der Waals surface area contributed by atoms with Crippen LogP contribution in [0.3, 0.4) is 0 Å². The molecule has 0 fully saturated rings. The summed E-state index contributed by atoms with van der Waals surface area (Å²) in [6.45, 7) is 12.3. The molecule has 0 aromatic carbocycles. The zero-order valence-electron chi connectivity index (χ0n) is 10.4. The van der Waals surface area contributed by atoms with Crippen LogP contribution in [0.15, 0.2) is 0 Å². The van der Waals surface area contributed by atoms with E-state index < -0.39 is 0 Å². The van der Waals surface area contributed by atoms with Gasteiger partial charge in [0.15, 0.2) is 0 Å². The van der Waals surface area contributed by atoms with Gasteiger partial charge in [-0.3, -0.25) is 0 Å². The van der Waals surface area contributed by atoms with E-state index in [1.165, 1.54) is 19.4 Å². The van der Waals surface area contributed by atoms with Gasteiger partial charge in [-0.15, -0.1) is 0 Å². The fourth-order valence-electron chi connectivity index (χ4n) is 1.77. The van der Waals surface area contributed by atoms with E-state index >= 15 is 0 Å². The normalized spacial score (nSPS) is 13.9. The second kappa shape index (κ2) is 8.25. The lowest BCUT2D eigenvalue weighted by atomic mass is 10.0. The molecular formula is C12H28N2. The van der Waals surface area contributed by atoms with Crippen LogP contribution in [0, 0.1) is 5.92 Å². The summed E-state index contributed by atoms with van der Waals surface area (Å²) in [5.74, 6) is 0.717. The van der Waals surface area contributed by atoms with Crippen molar-refractivity contribution in [2.24, 2.45) is 11.7 Å². The van der Waals surface area contributed by atoms with Crippen LogP contribution < -0.4 is 5.73 Å². The van der Waals surface area contributed by atoms with Crippen molar-refractivity contribution in [1.29, 1.82) is 0 Å². The van der Waals surface area contributed by atoms with Gasteiger partial charge in [-0.1, -0.05) is 34.1 Å². The molecular weight excluding hydrogens is 172 g/mol. The van der Waals surface area contributed by atoms with E-state index in [1.807, 2.05) is 0 Å². The van der Waals surface area contributed by atoms with Gasteiger partial charge in [-0.05, 0) is 31.8 Å². The summed E-state index contributed by atoms with van der Waals surface area (Å²) in [7, 11) is 0. The van der Waals surface area contributed by atoms with Gasteiger partial charge in [-0.2, -0.15) is 0 Å². The SMILES string of the molecule is CCCCN(CC)CC(N)CC(C)C. The van der Waals surface area contributed by atoms with Crippen molar-refractivity contribution in [1.82, 2.24) is 4.90 Å². The molecule has 0 rings (SSSR count). The molecule has 1 atom stereocenters. The molecule has 0 amide bonds. The van der Waals surface area contributed by atoms with Crippen LogP contribution in [-0.4, -0.2) is 30.6 Å². The van der Waals surface area contributed by atoms with Gasteiger partial charge in [0.2, 0.25) is 0 Å². The summed E-state index contributed by atoms with van der Waals surface area (Å²) in [4.78, 5) is 2.47. The van der Waals surface area contributed by atoms with Crippen molar-refractivity contribution in [3.8, 4) is 0 Å². The van der Waals surface area contributed by atoms with Gasteiger partial charge in [-0.25, -0.2) is 0 Å². The minimum atomic E-state index is 0.354. The molecule has 2 heteroatoms. The Kier molecular flexibility index (Phi) is 8.20. The predicted octanol–water partition coefficient (Wildman–Crippen LogP) is 2.48. The Morgan fingerprint density at radius 1 is 1.21 bits per heavy atom. The molecule has 0 spiro atoms. The molecule has 86 valence electrons. The molecule has 2 N–H and O–H groups in total. The van der Waals surface area contributed by atoms with Crippen LogP contribution in [0.5, 0.6) is 0 Å². The fraction of sp³-hybridized carbons (Fsp3) is 1.00. The highest BCUT2D eigenvalue weighted by molar-refractivity contribution is 4.69. The van der Waals surface area contributed by atoms with E-state index in [4.69, 9.17) is 5.73 Å². The Morgan fingerprint density at radius 2 is 1.86 bits per heavy atom. The van der Waals surface area contributed by atoms with E-state index in [9.17, 15) is 0 Å². The molecule has 0 aliphatic heterocycles. The Balaban J connectivity index is 3.68. The molecule has 1 unspecified atom stereocenters. The molecule has 0 heterocycles. The number of hydrogen-bond acceptors (Lipinski definition) is 2. The van der Waals surface area contributed by atoms with E-state index in [1.54, 1.807) is 0 Å².